The van der Waals surface area contributed by atoms with Gasteiger partial charge in [-0.15, -0.1) is 0 Å². The highest BCUT2D eigenvalue weighted by molar-refractivity contribution is 5.20. The van der Waals surface area contributed by atoms with Gasteiger partial charge in [0.15, 0.2) is 0 Å². The zero-order chi connectivity index (χ0) is 16.7. The molecule has 2 aromatic rings. The Morgan fingerprint density at radius 3 is 2.33 bits per heavy atom. The number of hydrogen-bond acceptors (Lipinski definition) is 5. The lowest BCUT2D eigenvalue weighted by Gasteiger charge is -2.34. The van der Waals surface area contributed by atoms with Crippen molar-refractivity contribution in [2.24, 2.45) is 5.92 Å². The summed E-state index contributed by atoms with van der Waals surface area (Å²) in [5.41, 5.74) is 2.27. The summed E-state index contributed by atoms with van der Waals surface area (Å²) in [5.74, 6) is 4.73. The van der Waals surface area contributed by atoms with Gasteiger partial charge in [-0.25, -0.2) is 0 Å². The van der Waals surface area contributed by atoms with E-state index < -0.39 is 0 Å². The number of furan rings is 1. The van der Waals surface area contributed by atoms with E-state index in [1.807, 2.05) is 13.8 Å². The second-order valence-corrected chi connectivity index (χ2v) is 7.48. The molecule has 1 aliphatic heterocycles. The van der Waals surface area contributed by atoms with E-state index >= 15 is 0 Å². The molecule has 2 aromatic heterocycles. The number of hydrogen-bond donors (Lipinski definition) is 0. The summed E-state index contributed by atoms with van der Waals surface area (Å²) in [4.78, 5) is 4.98. The molecule has 0 unspecified atom stereocenters. The summed E-state index contributed by atoms with van der Waals surface area (Å²) >= 11 is 0. The molecule has 3 heterocycles. The van der Waals surface area contributed by atoms with Crippen LogP contribution in [0, 0.1) is 19.8 Å². The van der Waals surface area contributed by atoms with E-state index in [9.17, 15) is 0 Å². The molecule has 130 valence electrons. The van der Waals surface area contributed by atoms with Crippen LogP contribution >= 0.6 is 0 Å². The molecule has 2 aliphatic rings. The van der Waals surface area contributed by atoms with Gasteiger partial charge in [0.1, 0.15) is 17.3 Å². The first kappa shape index (κ1) is 15.9. The van der Waals surface area contributed by atoms with E-state index in [1.54, 1.807) is 0 Å². The SMILES string of the molecule is Cc1noc(C)c1CN1CCN(Cc2ccc([C@@H]3C[C@H]3C)o2)CC1. The summed E-state index contributed by atoms with van der Waals surface area (Å²) in [6.45, 7) is 12.5. The van der Waals surface area contributed by atoms with Crippen LogP contribution in [0.5, 0.6) is 0 Å². The molecule has 1 aliphatic carbocycles. The molecule has 2 fully saturated rings. The normalized spacial score (nSPS) is 25.3. The summed E-state index contributed by atoms with van der Waals surface area (Å²) < 4.78 is 11.3. The molecule has 0 spiro atoms. The number of aromatic nitrogens is 1. The summed E-state index contributed by atoms with van der Waals surface area (Å²) in [7, 11) is 0. The van der Waals surface area contributed by atoms with Gasteiger partial charge in [-0.1, -0.05) is 12.1 Å². The maximum absolute atomic E-state index is 6.05. The van der Waals surface area contributed by atoms with E-state index in [4.69, 9.17) is 8.94 Å². The molecule has 5 heteroatoms. The van der Waals surface area contributed by atoms with Crippen molar-refractivity contribution in [2.45, 2.75) is 46.2 Å². The minimum Gasteiger partial charge on any atom is -0.464 e. The van der Waals surface area contributed by atoms with E-state index in [0.717, 1.165) is 62.4 Å². The Bertz CT molecular complexity index is 678. The molecular weight excluding hydrogens is 302 g/mol. The van der Waals surface area contributed by atoms with Crippen LogP contribution in [0.1, 0.15) is 47.8 Å². The van der Waals surface area contributed by atoms with E-state index in [2.05, 4.69) is 34.0 Å². The first-order valence-electron chi connectivity index (χ1n) is 9.05. The van der Waals surface area contributed by atoms with Crippen LogP contribution in [-0.4, -0.2) is 41.1 Å². The van der Waals surface area contributed by atoms with E-state index in [-0.39, 0.29) is 0 Å². The number of rotatable bonds is 5. The van der Waals surface area contributed by atoms with Crippen molar-refractivity contribution < 1.29 is 8.94 Å². The molecule has 0 radical (unpaired) electrons. The van der Waals surface area contributed by atoms with Crippen molar-refractivity contribution in [1.29, 1.82) is 0 Å². The third-order valence-electron chi connectivity index (χ3n) is 5.56. The highest BCUT2D eigenvalue weighted by Gasteiger charge is 2.36. The summed E-state index contributed by atoms with van der Waals surface area (Å²) in [6, 6.07) is 4.34. The molecule has 1 saturated carbocycles. The van der Waals surface area contributed by atoms with Crippen LogP contribution in [0.4, 0.5) is 0 Å². The van der Waals surface area contributed by atoms with E-state index in [1.165, 1.54) is 17.7 Å². The van der Waals surface area contributed by atoms with Crippen molar-refractivity contribution in [2.75, 3.05) is 26.2 Å². The largest absolute Gasteiger partial charge is 0.464 e. The Morgan fingerprint density at radius 1 is 1.08 bits per heavy atom. The van der Waals surface area contributed by atoms with Gasteiger partial charge >= 0.3 is 0 Å². The lowest BCUT2D eigenvalue weighted by Crippen LogP contribution is -2.45. The van der Waals surface area contributed by atoms with E-state index in [0.29, 0.717) is 5.92 Å². The second-order valence-electron chi connectivity index (χ2n) is 7.48. The molecule has 0 aromatic carbocycles. The Hall–Kier alpha value is -1.59. The van der Waals surface area contributed by atoms with Crippen molar-refractivity contribution in [1.82, 2.24) is 15.0 Å². The number of nitrogens with zero attached hydrogens (tertiary/aromatic N) is 3. The van der Waals surface area contributed by atoms with Crippen molar-refractivity contribution in [3.8, 4) is 0 Å². The molecule has 0 amide bonds. The number of aryl methyl sites for hydroxylation is 2. The lowest BCUT2D eigenvalue weighted by atomic mass is 10.2. The Morgan fingerprint density at radius 2 is 1.75 bits per heavy atom. The fraction of sp³-hybridized carbons (Fsp3) is 0.632. The van der Waals surface area contributed by atoms with Gasteiger partial charge in [0, 0.05) is 44.2 Å². The van der Waals surface area contributed by atoms with Gasteiger partial charge in [0.25, 0.3) is 0 Å². The summed E-state index contributed by atoms with van der Waals surface area (Å²) in [6.07, 6.45) is 1.29. The zero-order valence-electron chi connectivity index (χ0n) is 14.9. The molecule has 0 bridgehead atoms. The number of piperazine rings is 1. The lowest BCUT2D eigenvalue weighted by molar-refractivity contribution is 0.115. The predicted octanol–water partition coefficient (Wildman–Crippen LogP) is 3.33. The van der Waals surface area contributed by atoms with Crippen LogP contribution in [0.3, 0.4) is 0 Å². The van der Waals surface area contributed by atoms with Gasteiger partial charge in [-0.3, -0.25) is 9.80 Å². The first-order chi connectivity index (χ1) is 11.6. The topological polar surface area (TPSA) is 45.7 Å². The van der Waals surface area contributed by atoms with Crippen LogP contribution in [0.15, 0.2) is 21.1 Å². The van der Waals surface area contributed by atoms with Gasteiger partial charge in [-0.2, -0.15) is 0 Å². The predicted molar refractivity (Wildman–Crippen MR) is 91.8 cm³/mol. The fourth-order valence-electron chi connectivity index (χ4n) is 3.67. The smallest absolute Gasteiger partial charge is 0.138 e. The minimum atomic E-state index is 0.672. The Labute approximate surface area is 143 Å². The quantitative estimate of drug-likeness (QED) is 0.842. The average Bonchev–Trinajstić information content (AvgIpc) is 2.98. The monoisotopic (exact) mass is 329 g/mol. The molecule has 0 N–H and O–H groups in total. The van der Waals surface area contributed by atoms with Crippen molar-refractivity contribution in [3.05, 3.63) is 40.7 Å². The molecule has 1 saturated heterocycles. The van der Waals surface area contributed by atoms with Crippen LogP contribution in [0.2, 0.25) is 0 Å². The first-order valence-corrected chi connectivity index (χ1v) is 9.05. The molecule has 4 rings (SSSR count). The molecule has 5 nitrogen and oxygen atoms in total. The molecule has 2 atom stereocenters. The van der Waals surface area contributed by atoms with Crippen LogP contribution in [-0.2, 0) is 13.1 Å². The molecular formula is C19H27N3O2. The standard InChI is InChI=1S/C19H27N3O2/c1-13-10-17(13)19-5-4-16(23-19)11-21-6-8-22(9-7-21)12-18-14(2)20-24-15(18)3/h4-5,13,17H,6-12H2,1-3H3/t13-,17-/m1/s1. The van der Waals surface area contributed by atoms with Gasteiger partial charge in [-0.05, 0) is 38.3 Å². The zero-order valence-corrected chi connectivity index (χ0v) is 14.9. The highest BCUT2D eigenvalue weighted by atomic mass is 16.5. The van der Waals surface area contributed by atoms with Crippen LogP contribution in [0.25, 0.3) is 0 Å². The van der Waals surface area contributed by atoms with Gasteiger partial charge in [0.2, 0.25) is 0 Å². The maximum atomic E-state index is 6.05. The Balaban J connectivity index is 1.28. The second kappa shape index (κ2) is 6.37. The summed E-state index contributed by atoms with van der Waals surface area (Å²) in [5, 5.41) is 4.05. The average molecular weight is 329 g/mol. The van der Waals surface area contributed by atoms with Crippen molar-refractivity contribution >= 4 is 0 Å². The fourth-order valence-corrected chi connectivity index (χ4v) is 3.67. The van der Waals surface area contributed by atoms with Crippen LogP contribution < -0.4 is 0 Å². The Kier molecular flexibility index (Phi) is 4.22. The van der Waals surface area contributed by atoms with Gasteiger partial charge in [0.05, 0.1) is 12.2 Å². The third kappa shape index (κ3) is 3.28. The van der Waals surface area contributed by atoms with Gasteiger partial charge < -0.3 is 8.94 Å². The molecule has 24 heavy (non-hydrogen) atoms. The third-order valence-corrected chi connectivity index (χ3v) is 5.56. The highest BCUT2D eigenvalue weighted by Crippen LogP contribution is 2.47. The minimum absolute atomic E-state index is 0.672. The van der Waals surface area contributed by atoms with Crippen molar-refractivity contribution in [3.63, 3.8) is 0 Å². The maximum Gasteiger partial charge on any atom is 0.138 e.